The molecular weight excluding hydrogens is 236 g/mol. The van der Waals surface area contributed by atoms with E-state index in [1.54, 1.807) is 4.68 Å². The summed E-state index contributed by atoms with van der Waals surface area (Å²) in [5.74, 6) is 0.827. The average molecular weight is 252 g/mol. The fraction of sp³-hybridized carbons (Fsp3) is 0.133. The van der Waals surface area contributed by atoms with Gasteiger partial charge in [0.25, 0.3) is 0 Å². The molecule has 0 aliphatic heterocycles. The Kier molecular flexibility index (Phi) is 2.63. The van der Waals surface area contributed by atoms with Crippen molar-refractivity contribution in [2.45, 2.75) is 6.92 Å². The van der Waals surface area contributed by atoms with Crippen molar-refractivity contribution in [3.05, 3.63) is 48.2 Å². The van der Waals surface area contributed by atoms with Crippen molar-refractivity contribution in [2.24, 2.45) is 7.05 Å². The molecule has 3 aromatic rings. The number of rotatable bonds is 2. The van der Waals surface area contributed by atoms with Crippen LogP contribution in [-0.2, 0) is 7.05 Å². The maximum Gasteiger partial charge on any atom is 0.152 e. The van der Waals surface area contributed by atoms with Gasteiger partial charge in [-0.05, 0) is 29.8 Å². The quantitative estimate of drug-likeness (QED) is 0.736. The van der Waals surface area contributed by atoms with E-state index in [1.807, 2.05) is 32.2 Å². The normalized spacial score (nSPS) is 10.8. The lowest BCUT2D eigenvalue weighted by Gasteiger charge is -2.08. The molecule has 0 radical (unpaired) electrons. The van der Waals surface area contributed by atoms with Crippen LogP contribution < -0.4 is 11.1 Å². The second kappa shape index (κ2) is 4.31. The number of fused-ring (bicyclic) bond motifs is 1. The number of nitrogens with one attached hydrogen (secondary N) is 1. The van der Waals surface area contributed by atoms with Crippen molar-refractivity contribution in [1.82, 2.24) is 9.78 Å². The minimum Gasteiger partial charge on any atom is -0.394 e. The Morgan fingerprint density at radius 3 is 2.53 bits per heavy atom. The summed E-state index contributed by atoms with van der Waals surface area (Å²) >= 11 is 0. The zero-order valence-corrected chi connectivity index (χ0v) is 11.0. The van der Waals surface area contributed by atoms with Gasteiger partial charge in [0.15, 0.2) is 5.82 Å². The van der Waals surface area contributed by atoms with Crippen LogP contribution in [0.25, 0.3) is 10.8 Å². The maximum absolute atomic E-state index is 6.02. The predicted octanol–water partition coefficient (Wildman–Crippen LogP) is 3.21. The molecule has 96 valence electrons. The van der Waals surface area contributed by atoms with Crippen LogP contribution in [0.3, 0.4) is 0 Å². The summed E-state index contributed by atoms with van der Waals surface area (Å²) in [5.41, 5.74) is 8.55. The number of nitrogen functional groups attached to an aromatic ring is 1. The molecule has 4 nitrogen and oxygen atoms in total. The topological polar surface area (TPSA) is 55.9 Å². The van der Waals surface area contributed by atoms with Crippen LogP contribution in [0, 0.1) is 6.92 Å². The minimum absolute atomic E-state index is 0.690. The average Bonchev–Trinajstić information content (AvgIpc) is 2.65. The van der Waals surface area contributed by atoms with E-state index in [9.17, 15) is 0 Å². The standard InChI is InChI=1S/C15H16N4/c1-10-14(16)15(19(2)18-10)17-13-8-7-11-5-3-4-6-12(11)9-13/h3-9,17H,16H2,1-2H3. The Hall–Kier alpha value is -2.49. The van der Waals surface area contributed by atoms with Gasteiger partial charge in [-0.1, -0.05) is 30.3 Å². The van der Waals surface area contributed by atoms with Gasteiger partial charge < -0.3 is 11.1 Å². The molecule has 0 bridgehead atoms. The summed E-state index contributed by atoms with van der Waals surface area (Å²) < 4.78 is 1.76. The lowest BCUT2D eigenvalue weighted by Crippen LogP contribution is -2.01. The third kappa shape index (κ3) is 2.01. The van der Waals surface area contributed by atoms with Gasteiger partial charge in [-0.25, -0.2) is 0 Å². The number of hydrogen-bond donors (Lipinski definition) is 2. The van der Waals surface area contributed by atoms with Gasteiger partial charge >= 0.3 is 0 Å². The van der Waals surface area contributed by atoms with Crippen LogP contribution >= 0.6 is 0 Å². The summed E-state index contributed by atoms with van der Waals surface area (Å²) in [7, 11) is 1.88. The SMILES string of the molecule is Cc1nn(C)c(Nc2ccc3ccccc3c2)c1N. The monoisotopic (exact) mass is 252 g/mol. The Morgan fingerprint density at radius 2 is 1.84 bits per heavy atom. The highest BCUT2D eigenvalue weighted by Gasteiger charge is 2.09. The molecule has 0 atom stereocenters. The Morgan fingerprint density at radius 1 is 1.11 bits per heavy atom. The third-order valence-corrected chi connectivity index (χ3v) is 3.28. The van der Waals surface area contributed by atoms with Crippen LogP contribution in [-0.4, -0.2) is 9.78 Å². The molecule has 19 heavy (non-hydrogen) atoms. The van der Waals surface area contributed by atoms with Crippen molar-refractivity contribution in [3.8, 4) is 0 Å². The molecule has 0 aliphatic rings. The molecule has 1 aromatic heterocycles. The fourth-order valence-corrected chi connectivity index (χ4v) is 2.23. The van der Waals surface area contributed by atoms with Gasteiger partial charge in [0.2, 0.25) is 0 Å². The van der Waals surface area contributed by atoms with E-state index < -0.39 is 0 Å². The van der Waals surface area contributed by atoms with Crippen molar-refractivity contribution >= 4 is 28.0 Å². The van der Waals surface area contributed by atoms with E-state index in [2.05, 4.69) is 34.7 Å². The number of nitrogens with zero attached hydrogens (tertiary/aromatic N) is 2. The molecule has 0 spiro atoms. The Labute approximate surface area is 111 Å². The lowest BCUT2D eigenvalue weighted by atomic mass is 10.1. The Bertz CT molecular complexity index is 743. The lowest BCUT2D eigenvalue weighted by molar-refractivity contribution is 0.765. The second-order valence-electron chi connectivity index (χ2n) is 4.66. The molecule has 0 aliphatic carbocycles. The second-order valence-corrected chi connectivity index (χ2v) is 4.66. The highest BCUT2D eigenvalue weighted by atomic mass is 15.3. The predicted molar refractivity (Wildman–Crippen MR) is 79.6 cm³/mol. The number of benzene rings is 2. The first kappa shape index (κ1) is 11.6. The summed E-state index contributed by atoms with van der Waals surface area (Å²) in [6.45, 7) is 1.90. The van der Waals surface area contributed by atoms with Crippen molar-refractivity contribution in [3.63, 3.8) is 0 Å². The fourth-order valence-electron chi connectivity index (χ4n) is 2.23. The molecule has 0 unspecified atom stereocenters. The van der Waals surface area contributed by atoms with E-state index in [0.717, 1.165) is 17.2 Å². The van der Waals surface area contributed by atoms with Gasteiger partial charge in [-0.15, -0.1) is 0 Å². The summed E-state index contributed by atoms with van der Waals surface area (Å²) in [4.78, 5) is 0. The molecule has 0 amide bonds. The smallest absolute Gasteiger partial charge is 0.152 e. The molecular formula is C15H16N4. The van der Waals surface area contributed by atoms with Crippen LogP contribution in [0.15, 0.2) is 42.5 Å². The number of aryl methyl sites for hydroxylation is 2. The summed E-state index contributed by atoms with van der Waals surface area (Å²) in [5, 5.41) is 10.1. The number of hydrogen-bond acceptors (Lipinski definition) is 3. The summed E-state index contributed by atoms with van der Waals surface area (Å²) in [6.07, 6.45) is 0. The number of nitrogens with two attached hydrogens (primary N) is 1. The van der Waals surface area contributed by atoms with E-state index in [-0.39, 0.29) is 0 Å². The molecule has 4 heteroatoms. The minimum atomic E-state index is 0.690. The van der Waals surface area contributed by atoms with E-state index in [4.69, 9.17) is 5.73 Å². The zero-order valence-electron chi connectivity index (χ0n) is 11.0. The van der Waals surface area contributed by atoms with Gasteiger partial charge in [0, 0.05) is 12.7 Å². The first-order valence-corrected chi connectivity index (χ1v) is 6.20. The zero-order chi connectivity index (χ0) is 13.4. The molecule has 1 heterocycles. The van der Waals surface area contributed by atoms with E-state index >= 15 is 0 Å². The largest absolute Gasteiger partial charge is 0.394 e. The highest BCUT2D eigenvalue weighted by molar-refractivity contribution is 5.87. The van der Waals surface area contributed by atoms with Crippen LogP contribution in [0.5, 0.6) is 0 Å². The molecule has 0 saturated carbocycles. The Balaban J connectivity index is 2.01. The molecule has 2 aromatic carbocycles. The van der Waals surface area contributed by atoms with Crippen LogP contribution in [0.1, 0.15) is 5.69 Å². The van der Waals surface area contributed by atoms with Gasteiger partial charge in [0.1, 0.15) is 0 Å². The van der Waals surface area contributed by atoms with Gasteiger partial charge in [-0.3, -0.25) is 4.68 Å². The first-order chi connectivity index (χ1) is 9.15. The third-order valence-electron chi connectivity index (χ3n) is 3.28. The molecule has 0 fully saturated rings. The number of aromatic nitrogens is 2. The number of anilines is 3. The highest BCUT2D eigenvalue weighted by Crippen LogP contribution is 2.27. The van der Waals surface area contributed by atoms with Crippen LogP contribution in [0.2, 0.25) is 0 Å². The van der Waals surface area contributed by atoms with E-state index in [0.29, 0.717) is 5.69 Å². The van der Waals surface area contributed by atoms with Crippen molar-refractivity contribution < 1.29 is 0 Å². The van der Waals surface area contributed by atoms with Crippen molar-refractivity contribution in [2.75, 3.05) is 11.1 Å². The van der Waals surface area contributed by atoms with Gasteiger partial charge in [-0.2, -0.15) is 5.10 Å². The van der Waals surface area contributed by atoms with Gasteiger partial charge in [0.05, 0.1) is 11.4 Å². The maximum atomic E-state index is 6.02. The molecule has 3 rings (SSSR count). The molecule has 0 saturated heterocycles. The van der Waals surface area contributed by atoms with Crippen LogP contribution in [0.4, 0.5) is 17.2 Å². The van der Waals surface area contributed by atoms with E-state index in [1.165, 1.54) is 10.8 Å². The summed E-state index contributed by atoms with van der Waals surface area (Å²) in [6, 6.07) is 14.5. The first-order valence-electron chi connectivity index (χ1n) is 6.20. The molecule has 3 N–H and O–H groups in total. The van der Waals surface area contributed by atoms with Crippen molar-refractivity contribution in [1.29, 1.82) is 0 Å².